The zero-order valence-electron chi connectivity index (χ0n) is 17.5. The van der Waals surface area contributed by atoms with E-state index in [1.165, 1.54) is 4.31 Å². The summed E-state index contributed by atoms with van der Waals surface area (Å²) < 4.78 is 26.3. The zero-order valence-corrected chi connectivity index (χ0v) is 19.8. The summed E-state index contributed by atoms with van der Waals surface area (Å²) in [7, 11) is -3.62. The Morgan fingerprint density at radius 2 is 1.62 bits per heavy atom. The molecule has 8 heteroatoms. The van der Waals surface area contributed by atoms with Crippen molar-refractivity contribution in [3.05, 3.63) is 93.5 Å². The van der Waals surface area contributed by atoms with Crippen molar-refractivity contribution in [2.24, 2.45) is 0 Å². The smallest absolute Gasteiger partial charge is 0.258 e. The number of sulfonamides is 1. The van der Waals surface area contributed by atoms with Gasteiger partial charge in [0.05, 0.1) is 18.5 Å². The van der Waals surface area contributed by atoms with Crippen LogP contribution in [0.4, 0.5) is 11.4 Å². The summed E-state index contributed by atoms with van der Waals surface area (Å²) in [6, 6.07) is 19.5. The van der Waals surface area contributed by atoms with Crippen LogP contribution in [0.2, 0.25) is 10.0 Å². The molecule has 0 saturated carbocycles. The van der Waals surface area contributed by atoms with Crippen LogP contribution in [0.15, 0.2) is 66.7 Å². The largest absolute Gasteiger partial charge is 0.308 e. The van der Waals surface area contributed by atoms with Gasteiger partial charge in [0.25, 0.3) is 5.91 Å². The first-order valence-electron chi connectivity index (χ1n) is 10.2. The van der Waals surface area contributed by atoms with Gasteiger partial charge in [-0.25, -0.2) is 8.42 Å². The molecule has 0 bridgehead atoms. The number of nitrogens with zero attached hydrogens (tertiary/aromatic N) is 2. The summed E-state index contributed by atoms with van der Waals surface area (Å²) in [5, 5.41) is 0.781. The van der Waals surface area contributed by atoms with Crippen LogP contribution in [0.5, 0.6) is 0 Å². The van der Waals surface area contributed by atoms with E-state index in [0.717, 1.165) is 30.3 Å². The maximum absolute atomic E-state index is 13.2. The minimum Gasteiger partial charge on any atom is -0.308 e. The maximum Gasteiger partial charge on any atom is 0.258 e. The molecular weight excluding hydrogens is 467 g/mol. The van der Waals surface area contributed by atoms with Gasteiger partial charge in [-0.1, -0.05) is 47.5 Å². The first-order valence-corrected chi connectivity index (χ1v) is 12.8. The number of fused-ring (bicyclic) bond motifs is 1. The lowest BCUT2D eigenvalue weighted by Crippen LogP contribution is -2.35. The minimum absolute atomic E-state index is 0.00979. The van der Waals surface area contributed by atoms with Crippen LogP contribution in [0.25, 0.3) is 0 Å². The van der Waals surface area contributed by atoms with E-state index < -0.39 is 10.0 Å². The van der Waals surface area contributed by atoms with Crippen molar-refractivity contribution in [2.45, 2.75) is 19.4 Å². The van der Waals surface area contributed by atoms with Crippen LogP contribution in [-0.4, -0.2) is 27.1 Å². The molecule has 0 aromatic heterocycles. The summed E-state index contributed by atoms with van der Waals surface area (Å²) in [5.74, 6) is -0.108. The molecule has 1 amide bonds. The molecule has 0 atom stereocenters. The predicted molar refractivity (Wildman–Crippen MR) is 130 cm³/mol. The molecule has 0 radical (unpaired) electrons. The van der Waals surface area contributed by atoms with E-state index in [0.29, 0.717) is 33.4 Å². The van der Waals surface area contributed by atoms with Gasteiger partial charge in [0.15, 0.2) is 0 Å². The summed E-state index contributed by atoms with van der Waals surface area (Å²) in [6.45, 7) is 0.641. The lowest BCUT2D eigenvalue weighted by molar-refractivity contribution is 0.0985. The topological polar surface area (TPSA) is 57.7 Å². The van der Waals surface area contributed by atoms with E-state index in [1.54, 1.807) is 47.4 Å². The lowest BCUT2D eigenvalue weighted by atomic mass is 10.0. The number of para-hydroxylation sites is 1. The standard InChI is InChI=1S/C24H22Cl2N2O3S/c1-32(30,31)28(16-20-21(25)8-4-9-22(20)26)19-13-11-18(12-14-19)24(29)27-15-5-7-17-6-2-3-10-23(17)27/h2-4,6,8-14H,5,7,15-16H2,1H3. The predicted octanol–water partition coefficient (Wildman–Crippen LogP) is 5.55. The summed E-state index contributed by atoms with van der Waals surface area (Å²) in [4.78, 5) is 15.0. The molecule has 0 fully saturated rings. The van der Waals surface area contributed by atoms with Gasteiger partial charge in [0, 0.05) is 33.4 Å². The number of rotatable bonds is 5. The summed E-state index contributed by atoms with van der Waals surface area (Å²) >= 11 is 12.5. The number of hydrogen-bond acceptors (Lipinski definition) is 3. The highest BCUT2D eigenvalue weighted by molar-refractivity contribution is 7.92. The highest BCUT2D eigenvalue weighted by Gasteiger charge is 2.25. The molecule has 4 rings (SSSR count). The zero-order chi connectivity index (χ0) is 22.9. The molecule has 1 heterocycles. The van der Waals surface area contributed by atoms with Crippen molar-refractivity contribution in [1.29, 1.82) is 0 Å². The highest BCUT2D eigenvalue weighted by Crippen LogP contribution is 2.31. The molecule has 166 valence electrons. The second kappa shape index (κ2) is 9.14. The van der Waals surface area contributed by atoms with E-state index in [2.05, 4.69) is 0 Å². The third-order valence-corrected chi connectivity index (χ3v) is 7.37. The van der Waals surface area contributed by atoms with Crippen LogP contribution in [0, 0.1) is 0 Å². The van der Waals surface area contributed by atoms with Gasteiger partial charge in [-0.2, -0.15) is 0 Å². The molecule has 3 aromatic rings. The molecule has 0 spiro atoms. The van der Waals surface area contributed by atoms with Crippen LogP contribution in [-0.2, 0) is 23.0 Å². The third kappa shape index (κ3) is 4.63. The Labute approximate surface area is 198 Å². The Bertz CT molecular complexity index is 1240. The number of halogens is 2. The van der Waals surface area contributed by atoms with E-state index >= 15 is 0 Å². The number of anilines is 2. The van der Waals surface area contributed by atoms with Crippen molar-refractivity contribution < 1.29 is 13.2 Å². The minimum atomic E-state index is -3.62. The SMILES string of the molecule is CS(=O)(=O)N(Cc1c(Cl)cccc1Cl)c1ccc(C(=O)N2CCCc3ccccc32)cc1. The van der Waals surface area contributed by atoms with Gasteiger partial charge in [0.2, 0.25) is 10.0 Å². The number of carbonyl (C=O) groups excluding carboxylic acids is 1. The highest BCUT2D eigenvalue weighted by atomic mass is 35.5. The van der Waals surface area contributed by atoms with Gasteiger partial charge in [-0.3, -0.25) is 9.10 Å². The molecule has 0 N–H and O–H groups in total. The maximum atomic E-state index is 13.2. The normalized spacial score (nSPS) is 13.5. The second-order valence-corrected chi connectivity index (χ2v) is 10.4. The van der Waals surface area contributed by atoms with E-state index in [1.807, 2.05) is 24.3 Å². The number of amides is 1. The van der Waals surface area contributed by atoms with E-state index in [-0.39, 0.29) is 12.5 Å². The fraction of sp³-hybridized carbons (Fsp3) is 0.208. The molecule has 0 aliphatic carbocycles. The van der Waals surface area contributed by atoms with Crippen LogP contribution in [0.1, 0.15) is 27.9 Å². The first kappa shape index (κ1) is 22.6. The number of hydrogen-bond donors (Lipinski definition) is 0. The fourth-order valence-corrected chi connectivity index (χ4v) is 5.28. The Kier molecular flexibility index (Phi) is 6.47. The third-order valence-electron chi connectivity index (χ3n) is 5.52. The fourth-order valence-electron chi connectivity index (χ4n) is 3.90. The number of aryl methyl sites for hydroxylation is 1. The monoisotopic (exact) mass is 488 g/mol. The average Bonchev–Trinajstić information content (AvgIpc) is 2.77. The lowest BCUT2D eigenvalue weighted by Gasteiger charge is -2.29. The van der Waals surface area contributed by atoms with E-state index in [4.69, 9.17) is 23.2 Å². The molecule has 3 aromatic carbocycles. The van der Waals surface area contributed by atoms with Crippen LogP contribution >= 0.6 is 23.2 Å². The van der Waals surface area contributed by atoms with Crippen molar-refractivity contribution in [3.8, 4) is 0 Å². The second-order valence-electron chi connectivity index (χ2n) is 7.71. The molecule has 1 aliphatic rings. The Hall–Kier alpha value is -2.54. The van der Waals surface area contributed by atoms with Gasteiger partial charge >= 0.3 is 0 Å². The van der Waals surface area contributed by atoms with Crippen molar-refractivity contribution in [2.75, 3.05) is 22.0 Å². The Morgan fingerprint density at radius 1 is 0.969 bits per heavy atom. The average molecular weight is 489 g/mol. The van der Waals surface area contributed by atoms with E-state index in [9.17, 15) is 13.2 Å². The molecule has 0 saturated heterocycles. The summed E-state index contributed by atoms with van der Waals surface area (Å²) in [5.41, 5.74) is 3.53. The van der Waals surface area contributed by atoms with Gasteiger partial charge in [0.1, 0.15) is 0 Å². The van der Waals surface area contributed by atoms with Gasteiger partial charge in [-0.05, 0) is 60.9 Å². The van der Waals surface area contributed by atoms with Crippen molar-refractivity contribution in [3.63, 3.8) is 0 Å². The Balaban J connectivity index is 1.62. The van der Waals surface area contributed by atoms with Crippen LogP contribution in [0.3, 0.4) is 0 Å². The Morgan fingerprint density at radius 3 is 2.28 bits per heavy atom. The molecule has 1 aliphatic heterocycles. The molecule has 5 nitrogen and oxygen atoms in total. The van der Waals surface area contributed by atoms with Gasteiger partial charge < -0.3 is 4.90 Å². The van der Waals surface area contributed by atoms with Crippen molar-refractivity contribution >= 4 is 50.5 Å². The first-order chi connectivity index (χ1) is 15.3. The number of carbonyl (C=O) groups is 1. The number of benzene rings is 3. The van der Waals surface area contributed by atoms with Gasteiger partial charge in [-0.15, -0.1) is 0 Å². The van der Waals surface area contributed by atoms with Crippen LogP contribution < -0.4 is 9.21 Å². The molecule has 32 heavy (non-hydrogen) atoms. The van der Waals surface area contributed by atoms with Crippen molar-refractivity contribution in [1.82, 2.24) is 0 Å². The molecular formula is C24H22Cl2N2O3S. The summed E-state index contributed by atoms with van der Waals surface area (Å²) in [6.07, 6.45) is 2.98. The molecule has 0 unspecified atom stereocenters. The quantitative estimate of drug-likeness (QED) is 0.472.